The number of thiazole rings is 1. The molecule has 1 saturated heterocycles. The van der Waals surface area contributed by atoms with Crippen LogP contribution in [0.15, 0.2) is 10.9 Å². The summed E-state index contributed by atoms with van der Waals surface area (Å²) in [6.07, 6.45) is 0.886. The first-order chi connectivity index (χ1) is 6.27. The van der Waals surface area contributed by atoms with E-state index < -0.39 is 0 Å². The number of carbonyl (C=O) groups is 1. The molecule has 0 aliphatic carbocycles. The minimum atomic E-state index is 0.00407. The lowest BCUT2D eigenvalue weighted by Crippen LogP contribution is -2.28. The Balaban J connectivity index is 2.06. The van der Waals surface area contributed by atoms with Crippen molar-refractivity contribution in [2.24, 2.45) is 0 Å². The highest BCUT2D eigenvalue weighted by atomic mass is 35.5. The summed E-state index contributed by atoms with van der Waals surface area (Å²) in [7, 11) is 0. The van der Waals surface area contributed by atoms with Gasteiger partial charge in [-0.1, -0.05) is 0 Å². The molecule has 0 aromatic carbocycles. The Bertz CT molecular complexity index is 301. The number of hydrogen-bond donors (Lipinski definition) is 0. The molecule has 1 atom stereocenters. The standard InChI is InChI=1S/C8H9ClN2OS/c9-6-1-2-11(3-6)8(12)7-4-13-5-10-7/h4-6H,1-3H2. The molecule has 2 rings (SSSR count). The summed E-state index contributed by atoms with van der Waals surface area (Å²) in [6.45, 7) is 1.41. The summed E-state index contributed by atoms with van der Waals surface area (Å²) in [5, 5.41) is 1.88. The summed E-state index contributed by atoms with van der Waals surface area (Å²) < 4.78 is 0. The van der Waals surface area contributed by atoms with Crippen LogP contribution in [0.4, 0.5) is 0 Å². The summed E-state index contributed by atoms with van der Waals surface area (Å²) in [5.74, 6) is 0.00407. The SMILES string of the molecule is O=C(c1cscn1)N1CCC(Cl)C1. The van der Waals surface area contributed by atoms with Crippen molar-refractivity contribution in [3.8, 4) is 0 Å². The molecule has 70 valence electrons. The number of carbonyl (C=O) groups excluding carboxylic acids is 1. The Hall–Kier alpha value is -0.610. The second kappa shape index (κ2) is 3.64. The number of likely N-dealkylation sites (tertiary alicyclic amines) is 1. The minimum Gasteiger partial charge on any atom is -0.336 e. The average molecular weight is 217 g/mol. The van der Waals surface area contributed by atoms with E-state index in [0.29, 0.717) is 12.2 Å². The second-order valence-electron chi connectivity index (χ2n) is 3.01. The normalized spacial score (nSPS) is 22.2. The summed E-state index contributed by atoms with van der Waals surface area (Å²) in [5.41, 5.74) is 2.21. The van der Waals surface area contributed by atoms with Crippen LogP contribution in [0.3, 0.4) is 0 Å². The zero-order chi connectivity index (χ0) is 9.26. The first-order valence-electron chi connectivity index (χ1n) is 4.09. The van der Waals surface area contributed by atoms with Gasteiger partial charge in [0.15, 0.2) is 0 Å². The largest absolute Gasteiger partial charge is 0.336 e. The number of nitrogens with zero attached hydrogens (tertiary/aromatic N) is 2. The van der Waals surface area contributed by atoms with E-state index in [1.807, 2.05) is 0 Å². The van der Waals surface area contributed by atoms with Gasteiger partial charge in [0.05, 0.1) is 10.9 Å². The van der Waals surface area contributed by atoms with Gasteiger partial charge in [-0.15, -0.1) is 22.9 Å². The van der Waals surface area contributed by atoms with E-state index in [4.69, 9.17) is 11.6 Å². The fraction of sp³-hybridized carbons (Fsp3) is 0.500. The molecule has 1 aromatic heterocycles. The van der Waals surface area contributed by atoms with Crippen molar-refractivity contribution >= 4 is 28.8 Å². The van der Waals surface area contributed by atoms with Crippen LogP contribution in [0.5, 0.6) is 0 Å². The topological polar surface area (TPSA) is 33.2 Å². The van der Waals surface area contributed by atoms with Crippen molar-refractivity contribution < 1.29 is 4.79 Å². The Labute approximate surface area is 85.3 Å². The lowest BCUT2D eigenvalue weighted by molar-refractivity contribution is 0.0788. The maximum absolute atomic E-state index is 11.7. The molecular formula is C8H9ClN2OS. The lowest BCUT2D eigenvalue weighted by atomic mass is 10.4. The van der Waals surface area contributed by atoms with Gasteiger partial charge in [-0.3, -0.25) is 4.79 Å². The van der Waals surface area contributed by atoms with Crippen LogP contribution >= 0.6 is 22.9 Å². The summed E-state index contributed by atoms with van der Waals surface area (Å²) in [6, 6.07) is 0. The molecule has 1 amide bonds. The zero-order valence-corrected chi connectivity index (χ0v) is 8.51. The number of hydrogen-bond acceptors (Lipinski definition) is 3. The van der Waals surface area contributed by atoms with E-state index in [9.17, 15) is 4.79 Å². The first kappa shape index (κ1) is 8.97. The zero-order valence-electron chi connectivity index (χ0n) is 6.94. The van der Waals surface area contributed by atoms with Gasteiger partial charge in [-0.05, 0) is 6.42 Å². The quantitative estimate of drug-likeness (QED) is 0.669. The van der Waals surface area contributed by atoms with E-state index in [2.05, 4.69) is 4.98 Å². The molecule has 3 nitrogen and oxygen atoms in total. The number of aromatic nitrogens is 1. The molecule has 0 bridgehead atoms. The highest BCUT2D eigenvalue weighted by Gasteiger charge is 2.26. The first-order valence-corrected chi connectivity index (χ1v) is 5.47. The third-order valence-electron chi connectivity index (χ3n) is 2.07. The van der Waals surface area contributed by atoms with Crippen molar-refractivity contribution in [3.05, 3.63) is 16.6 Å². The predicted octanol–water partition coefficient (Wildman–Crippen LogP) is 1.60. The Morgan fingerprint density at radius 1 is 1.77 bits per heavy atom. The molecule has 1 aromatic rings. The molecular weight excluding hydrogens is 208 g/mol. The van der Waals surface area contributed by atoms with Gasteiger partial charge in [-0.25, -0.2) is 4.98 Å². The Kier molecular flexibility index (Phi) is 2.51. The van der Waals surface area contributed by atoms with Crippen LogP contribution in [0.25, 0.3) is 0 Å². The van der Waals surface area contributed by atoms with Crippen LogP contribution in [0, 0.1) is 0 Å². The van der Waals surface area contributed by atoms with E-state index in [1.54, 1.807) is 15.8 Å². The minimum absolute atomic E-state index is 0.00407. The van der Waals surface area contributed by atoms with Crippen molar-refractivity contribution in [3.63, 3.8) is 0 Å². The fourth-order valence-electron chi connectivity index (χ4n) is 1.38. The number of halogens is 1. The van der Waals surface area contributed by atoms with Gasteiger partial charge in [0.1, 0.15) is 5.69 Å². The Morgan fingerprint density at radius 2 is 2.62 bits per heavy atom. The van der Waals surface area contributed by atoms with Gasteiger partial charge in [0, 0.05) is 18.5 Å². The third-order valence-corrected chi connectivity index (χ3v) is 3.01. The number of rotatable bonds is 1. The molecule has 0 N–H and O–H groups in total. The van der Waals surface area contributed by atoms with Crippen LogP contribution in [-0.4, -0.2) is 34.3 Å². The highest BCUT2D eigenvalue weighted by molar-refractivity contribution is 7.07. The van der Waals surface area contributed by atoms with Crippen molar-refractivity contribution in [2.75, 3.05) is 13.1 Å². The van der Waals surface area contributed by atoms with Crippen molar-refractivity contribution in [2.45, 2.75) is 11.8 Å². The van der Waals surface area contributed by atoms with Gasteiger partial charge >= 0.3 is 0 Å². The van der Waals surface area contributed by atoms with Crippen LogP contribution < -0.4 is 0 Å². The maximum Gasteiger partial charge on any atom is 0.273 e. The van der Waals surface area contributed by atoms with Crippen LogP contribution in [-0.2, 0) is 0 Å². The molecule has 0 saturated carbocycles. The van der Waals surface area contributed by atoms with Gasteiger partial charge in [0.25, 0.3) is 5.91 Å². The molecule has 0 spiro atoms. The monoisotopic (exact) mass is 216 g/mol. The molecule has 1 fully saturated rings. The number of amides is 1. The van der Waals surface area contributed by atoms with Crippen LogP contribution in [0.1, 0.15) is 16.9 Å². The molecule has 13 heavy (non-hydrogen) atoms. The van der Waals surface area contributed by atoms with E-state index >= 15 is 0 Å². The molecule has 1 aliphatic rings. The molecule has 5 heteroatoms. The van der Waals surface area contributed by atoms with E-state index in [-0.39, 0.29) is 11.3 Å². The highest BCUT2D eigenvalue weighted by Crippen LogP contribution is 2.17. The molecule has 1 unspecified atom stereocenters. The predicted molar refractivity (Wildman–Crippen MR) is 52.3 cm³/mol. The van der Waals surface area contributed by atoms with Crippen molar-refractivity contribution in [1.29, 1.82) is 0 Å². The maximum atomic E-state index is 11.7. The molecule has 0 radical (unpaired) electrons. The average Bonchev–Trinajstić information content (AvgIpc) is 2.72. The van der Waals surface area contributed by atoms with Crippen molar-refractivity contribution in [1.82, 2.24) is 9.88 Å². The van der Waals surface area contributed by atoms with Gasteiger partial charge in [-0.2, -0.15) is 0 Å². The van der Waals surface area contributed by atoms with Crippen LogP contribution in [0.2, 0.25) is 0 Å². The third kappa shape index (κ3) is 1.84. The summed E-state index contributed by atoms with van der Waals surface area (Å²) in [4.78, 5) is 17.4. The van der Waals surface area contributed by atoms with E-state index in [1.165, 1.54) is 11.3 Å². The second-order valence-corrected chi connectivity index (χ2v) is 4.35. The molecule has 2 heterocycles. The smallest absolute Gasteiger partial charge is 0.273 e. The van der Waals surface area contributed by atoms with E-state index in [0.717, 1.165) is 13.0 Å². The van der Waals surface area contributed by atoms with Gasteiger partial charge in [0.2, 0.25) is 0 Å². The Morgan fingerprint density at radius 3 is 3.15 bits per heavy atom. The fourth-order valence-corrected chi connectivity index (χ4v) is 2.17. The lowest BCUT2D eigenvalue weighted by Gasteiger charge is -2.13. The number of alkyl halides is 1. The summed E-state index contributed by atoms with van der Waals surface area (Å²) >= 11 is 7.34. The molecule has 1 aliphatic heterocycles. The van der Waals surface area contributed by atoms with Gasteiger partial charge < -0.3 is 4.90 Å².